The molecular weight excluding hydrogens is 689 g/mol. The Kier molecular flexibility index (Phi) is 5.74. The van der Waals surface area contributed by atoms with E-state index in [0.29, 0.717) is 5.82 Å². The Hall–Kier alpha value is -7.08. The van der Waals surface area contributed by atoms with Gasteiger partial charge in [-0.25, -0.2) is 9.97 Å². The highest BCUT2D eigenvalue weighted by Gasteiger charge is 2.27. The highest BCUT2D eigenvalue weighted by Crippen LogP contribution is 2.49. The lowest BCUT2D eigenvalue weighted by atomic mass is 10.0. The van der Waals surface area contributed by atoms with Crippen molar-refractivity contribution in [1.82, 2.24) is 18.9 Å². The van der Waals surface area contributed by atoms with E-state index in [0.717, 1.165) is 32.5 Å². The third kappa shape index (κ3) is 3.89. The lowest BCUT2D eigenvalue weighted by Gasteiger charge is -2.12. The molecule has 0 spiro atoms. The van der Waals surface area contributed by atoms with Crippen LogP contribution in [0, 0.1) is 0 Å². The molecule has 0 amide bonds. The zero-order chi connectivity index (χ0) is 35.8. The molecule has 5 aromatic heterocycles. The van der Waals surface area contributed by atoms with Crippen LogP contribution < -0.4 is 0 Å². The van der Waals surface area contributed by atoms with Crippen molar-refractivity contribution < 1.29 is 0 Å². The summed E-state index contributed by atoms with van der Waals surface area (Å²) in [4.78, 5) is 11.0. The number of hydrogen-bond donors (Lipinski definition) is 0. The summed E-state index contributed by atoms with van der Waals surface area (Å²) >= 11 is 1.78. The van der Waals surface area contributed by atoms with E-state index < -0.39 is 0 Å². The van der Waals surface area contributed by atoms with Crippen LogP contribution in [0.1, 0.15) is 0 Å². The topological polar surface area (TPSA) is 35.1 Å². The number of hydrogen-bond acceptors (Lipinski definition) is 3. The van der Waals surface area contributed by atoms with Gasteiger partial charge >= 0.3 is 0 Å². The number of fused-ring (bicyclic) bond motifs is 15. The number of para-hydroxylation sites is 2. The second-order valence-corrected chi connectivity index (χ2v) is 15.6. The molecule has 8 aromatic carbocycles. The molecule has 13 rings (SSSR count). The van der Waals surface area contributed by atoms with E-state index in [1.807, 2.05) is 0 Å². The molecule has 4 nitrogen and oxygen atoms in total. The van der Waals surface area contributed by atoms with Crippen LogP contribution in [-0.2, 0) is 0 Å². The number of thiophene rings is 1. The first kappa shape index (κ1) is 29.4. The third-order valence-corrected chi connectivity index (χ3v) is 12.8. The van der Waals surface area contributed by atoms with Gasteiger partial charge in [0.15, 0.2) is 11.6 Å². The van der Waals surface area contributed by atoms with Crippen LogP contribution in [0.4, 0.5) is 0 Å². The molecule has 5 heterocycles. The quantitative estimate of drug-likeness (QED) is 0.182. The van der Waals surface area contributed by atoms with Crippen molar-refractivity contribution in [1.29, 1.82) is 0 Å². The van der Waals surface area contributed by atoms with Gasteiger partial charge in [0.2, 0.25) is 0 Å². The summed E-state index contributed by atoms with van der Waals surface area (Å²) < 4.78 is 7.23. The number of aromatic nitrogens is 4. The second kappa shape index (κ2) is 10.8. The Labute approximate surface area is 318 Å². The van der Waals surface area contributed by atoms with Crippen molar-refractivity contribution >= 4 is 102 Å². The second-order valence-electron chi connectivity index (χ2n) is 14.5. The van der Waals surface area contributed by atoms with Gasteiger partial charge in [0.1, 0.15) is 0 Å². The van der Waals surface area contributed by atoms with Gasteiger partial charge in [-0.1, -0.05) is 140 Å². The van der Waals surface area contributed by atoms with E-state index >= 15 is 0 Å². The fourth-order valence-electron chi connectivity index (χ4n) is 9.29. The average molecular weight is 717 g/mol. The van der Waals surface area contributed by atoms with Gasteiger partial charge < -0.3 is 4.40 Å². The minimum atomic E-state index is 0.716. The lowest BCUT2D eigenvalue weighted by Crippen LogP contribution is -2.02. The van der Waals surface area contributed by atoms with Crippen molar-refractivity contribution in [3.05, 3.63) is 170 Å². The van der Waals surface area contributed by atoms with E-state index in [2.05, 4.69) is 179 Å². The van der Waals surface area contributed by atoms with E-state index in [-0.39, 0.29) is 0 Å². The summed E-state index contributed by atoms with van der Waals surface area (Å²) in [7, 11) is 0. The zero-order valence-corrected chi connectivity index (χ0v) is 30.2. The van der Waals surface area contributed by atoms with E-state index in [9.17, 15) is 0 Å². The molecule has 0 atom stereocenters. The predicted octanol–water partition coefficient (Wildman–Crippen LogP) is 13.6. The van der Waals surface area contributed by atoms with E-state index in [1.54, 1.807) is 11.3 Å². The van der Waals surface area contributed by atoms with Gasteiger partial charge in [0, 0.05) is 48.0 Å². The molecule has 0 bridgehead atoms. The molecule has 5 heteroatoms. The molecule has 0 N–H and O–H groups in total. The minimum Gasteiger partial charge on any atom is -0.308 e. The normalized spacial score (nSPS) is 12.4. The Morgan fingerprint density at radius 1 is 0.418 bits per heavy atom. The molecule has 0 aliphatic rings. The zero-order valence-electron chi connectivity index (χ0n) is 29.4. The van der Waals surface area contributed by atoms with Crippen molar-refractivity contribution in [2.24, 2.45) is 0 Å². The van der Waals surface area contributed by atoms with Crippen LogP contribution in [0.2, 0.25) is 0 Å². The Morgan fingerprint density at radius 2 is 1.07 bits per heavy atom. The minimum absolute atomic E-state index is 0.716. The number of rotatable bonds is 3. The highest BCUT2D eigenvalue weighted by atomic mass is 32.1. The standard InChI is InChI=1S/C50H28N4S/c1-2-12-29(13-3-1)30-22-24-32(25-23-30)49-51-45-36-18-8-11-21-42(36)55-48(45)50(52-49)54-41-27-26-31-14-4-5-15-33(31)43(41)38-28-37-34-16-6-9-19-39(34)53-40-20-10-7-17-35(40)44(46(37)53)47(38)54/h1-28H. The summed E-state index contributed by atoms with van der Waals surface area (Å²) in [5.74, 6) is 1.62. The summed E-state index contributed by atoms with van der Waals surface area (Å²) in [5, 5.41) is 11.1. The summed E-state index contributed by atoms with van der Waals surface area (Å²) in [6.07, 6.45) is 0. The average Bonchev–Trinajstić information content (AvgIpc) is 3.99. The molecule has 0 aliphatic heterocycles. The largest absolute Gasteiger partial charge is 0.308 e. The highest BCUT2D eigenvalue weighted by molar-refractivity contribution is 7.26. The molecule has 55 heavy (non-hydrogen) atoms. The van der Waals surface area contributed by atoms with E-state index in [4.69, 9.17) is 9.97 Å². The van der Waals surface area contributed by atoms with Gasteiger partial charge in [0.05, 0.1) is 37.8 Å². The van der Waals surface area contributed by atoms with Crippen LogP contribution in [0.25, 0.3) is 119 Å². The maximum atomic E-state index is 5.62. The summed E-state index contributed by atoms with van der Waals surface area (Å²) in [6, 6.07) is 61.4. The summed E-state index contributed by atoms with van der Waals surface area (Å²) in [5.41, 5.74) is 10.3. The third-order valence-electron chi connectivity index (χ3n) is 11.7. The maximum Gasteiger partial charge on any atom is 0.162 e. The molecule has 0 radical (unpaired) electrons. The monoisotopic (exact) mass is 716 g/mol. The summed E-state index contributed by atoms with van der Waals surface area (Å²) in [6.45, 7) is 0. The fraction of sp³-hybridized carbons (Fsp3) is 0. The van der Waals surface area contributed by atoms with Crippen LogP contribution in [0.15, 0.2) is 170 Å². The lowest BCUT2D eigenvalue weighted by molar-refractivity contribution is 1.09. The van der Waals surface area contributed by atoms with Gasteiger partial charge in [0.25, 0.3) is 0 Å². The van der Waals surface area contributed by atoms with Crippen molar-refractivity contribution in [3.8, 4) is 28.3 Å². The molecule has 254 valence electrons. The molecule has 0 saturated heterocycles. The molecule has 13 aromatic rings. The molecular formula is C50H28N4S. The van der Waals surface area contributed by atoms with Gasteiger partial charge in [-0.15, -0.1) is 11.3 Å². The Bertz CT molecular complexity index is 3700. The molecule has 0 saturated carbocycles. The first-order chi connectivity index (χ1) is 27.3. The number of benzene rings is 8. The van der Waals surface area contributed by atoms with Crippen molar-refractivity contribution in [2.75, 3.05) is 0 Å². The van der Waals surface area contributed by atoms with Crippen LogP contribution in [-0.4, -0.2) is 18.9 Å². The first-order valence-electron chi connectivity index (χ1n) is 18.7. The maximum absolute atomic E-state index is 5.62. The van der Waals surface area contributed by atoms with Gasteiger partial charge in [-0.2, -0.15) is 0 Å². The molecule has 0 unspecified atom stereocenters. The molecule has 0 fully saturated rings. The van der Waals surface area contributed by atoms with Gasteiger partial charge in [-0.3, -0.25) is 4.57 Å². The van der Waals surface area contributed by atoms with Gasteiger partial charge in [-0.05, 0) is 52.2 Å². The van der Waals surface area contributed by atoms with E-state index in [1.165, 1.54) is 81.0 Å². The van der Waals surface area contributed by atoms with Crippen LogP contribution in [0.5, 0.6) is 0 Å². The first-order valence-corrected chi connectivity index (χ1v) is 19.5. The van der Waals surface area contributed by atoms with Crippen LogP contribution in [0.3, 0.4) is 0 Å². The Balaban J connectivity index is 1.24. The SMILES string of the molecule is c1ccc(-c2ccc(-c3nc(-n4c5ccc6ccccc6c5c5cc6c7ccccc7n7c8ccccc8c(c54)c67)c4sc5ccccc5c4n3)cc2)cc1. The smallest absolute Gasteiger partial charge is 0.162 e. The predicted molar refractivity (Wildman–Crippen MR) is 232 cm³/mol. The Morgan fingerprint density at radius 3 is 1.91 bits per heavy atom. The molecule has 0 aliphatic carbocycles. The fourth-order valence-corrected chi connectivity index (χ4v) is 10.4. The van der Waals surface area contributed by atoms with Crippen molar-refractivity contribution in [3.63, 3.8) is 0 Å². The van der Waals surface area contributed by atoms with Crippen molar-refractivity contribution in [2.45, 2.75) is 0 Å². The van der Waals surface area contributed by atoms with Crippen LogP contribution >= 0.6 is 11.3 Å². The number of nitrogens with zero attached hydrogens (tertiary/aromatic N) is 4.